The first-order valence-electron chi connectivity index (χ1n) is 6.34. The van der Waals surface area contributed by atoms with Crippen molar-refractivity contribution in [3.05, 3.63) is 60.2 Å². The molecule has 2 rings (SSSR count). The standard InChI is InChI=1S/C16H17NO3.ClH/c1-19-16(18)11-15(17)12-7-9-14(10-8-12)20-13-5-3-2-4-6-13;/h2-10,15H,11,17H2,1H3;1H/t15-;/m1./s1. The van der Waals surface area contributed by atoms with Crippen LogP contribution >= 0.6 is 12.4 Å². The van der Waals surface area contributed by atoms with Gasteiger partial charge in [0.25, 0.3) is 0 Å². The first kappa shape index (κ1) is 17.0. The number of nitrogens with two attached hydrogens (primary N) is 1. The van der Waals surface area contributed by atoms with Crippen LogP contribution < -0.4 is 10.5 Å². The number of hydrogen-bond donors (Lipinski definition) is 1. The van der Waals surface area contributed by atoms with Crippen LogP contribution in [0, 0.1) is 0 Å². The van der Waals surface area contributed by atoms with E-state index in [9.17, 15) is 4.79 Å². The maximum absolute atomic E-state index is 11.2. The SMILES string of the molecule is COC(=O)C[C@@H](N)c1ccc(Oc2ccccc2)cc1.Cl. The minimum absolute atomic E-state index is 0. The van der Waals surface area contributed by atoms with Gasteiger partial charge >= 0.3 is 5.97 Å². The molecule has 4 nitrogen and oxygen atoms in total. The zero-order valence-electron chi connectivity index (χ0n) is 11.7. The number of carbonyl (C=O) groups excluding carboxylic acids is 1. The normalized spacial score (nSPS) is 11.1. The number of methoxy groups -OCH3 is 1. The fourth-order valence-corrected chi connectivity index (χ4v) is 1.79. The zero-order chi connectivity index (χ0) is 14.4. The molecule has 0 unspecified atom stereocenters. The first-order chi connectivity index (χ1) is 9.69. The Labute approximate surface area is 130 Å². The number of ether oxygens (including phenoxy) is 2. The van der Waals surface area contributed by atoms with Gasteiger partial charge in [-0.1, -0.05) is 30.3 Å². The number of halogens is 1. The summed E-state index contributed by atoms with van der Waals surface area (Å²) < 4.78 is 10.3. The van der Waals surface area contributed by atoms with Crippen molar-refractivity contribution < 1.29 is 14.3 Å². The Morgan fingerprint density at radius 1 is 1.05 bits per heavy atom. The molecule has 2 N–H and O–H groups in total. The monoisotopic (exact) mass is 307 g/mol. The van der Waals surface area contributed by atoms with E-state index in [4.69, 9.17) is 10.5 Å². The van der Waals surface area contributed by atoms with Crippen molar-refractivity contribution >= 4 is 18.4 Å². The number of benzene rings is 2. The molecule has 0 heterocycles. The molecule has 5 heteroatoms. The van der Waals surface area contributed by atoms with Gasteiger partial charge in [0.05, 0.1) is 13.5 Å². The third-order valence-electron chi connectivity index (χ3n) is 2.90. The van der Waals surface area contributed by atoms with Gasteiger partial charge in [-0.15, -0.1) is 12.4 Å². The summed E-state index contributed by atoms with van der Waals surface area (Å²) in [4.78, 5) is 11.2. The molecule has 21 heavy (non-hydrogen) atoms. The molecule has 1 atom stereocenters. The Morgan fingerprint density at radius 3 is 2.19 bits per heavy atom. The summed E-state index contributed by atoms with van der Waals surface area (Å²) in [7, 11) is 1.35. The van der Waals surface area contributed by atoms with E-state index >= 15 is 0 Å². The van der Waals surface area contributed by atoms with Crippen LogP contribution in [-0.4, -0.2) is 13.1 Å². The number of hydrogen-bond acceptors (Lipinski definition) is 4. The van der Waals surface area contributed by atoms with Crippen molar-refractivity contribution in [3.8, 4) is 11.5 Å². The highest BCUT2D eigenvalue weighted by molar-refractivity contribution is 5.85. The van der Waals surface area contributed by atoms with Gasteiger partial charge in [0.2, 0.25) is 0 Å². The second-order valence-corrected chi connectivity index (χ2v) is 4.37. The molecule has 0 spiro atoms. The van der Waals surface area contributed by atoms with Crippen molar-refractivity contribution in [2.75, 3.05) is 7.11 Å². The van der Waals surface area contributed by atoms with Gasteiger partial charge in [-0.3, -0.25) is 4.79 Å². The molecule has 0 bridgehead atoms. The molecule has 112 valence electrons. The Hall–Kier alpha value is -2.04. The van der Waals surface area contributed by atoms with Crippen LogP contribution in [-0.2, 0) is 9.53 Å². The summed E-state index contributed by atoms with van der Waals surface area (Å²) in [6.45, 7) is 0. The second kappa shape index (κ2) is 8.29. The van der Waals surface area contributed by atoms with Gasteiger partial charge in [-0.2, -0.15) is 0 Å². The van der Waals surface area contributed by atoms with Gasteiger partial charge in [0, 0.05) is 6.04 Å². The smallest absolute Gasteiger partial charge is 0.307 e. The van der Waals surface area contributed by atoms with E-state index in [2.05, 4.69) is 4.74 Å². The molecule has 0 aliphatic rings. The lowest BCUT2D eigenvalue weighted by Crippen LogP contribution is -2.16. The Bertz CT molecular complexity index is 557. The minimum Gasteiger partial charge on any atom is -0.469 e. The van der Waals surface area contributed by atoms with Crippen molar-refractivity contribution in [1.82, 2.24) is 0 Å². The lowest BCUT2D eigenvalue weighted by molar-refractivity contribution is -0.141. The largest absolute Gasteiger partial charge is 0.469 e. The average molecular weight is 308 g/mol. The summed E-state index contributed by atoms with van der Waals surface area (Å²) >= 11 is 0. The molecule has 2 aromatic rings. The third-order valence-corrected chi connectivity index (χ3v) is 2.90. The highest BCUT2D eigenvalue weighted by atomic mass is 35.5. The van der Waals surface area contributed by atoms with Crippen molar-refractivity contribution in [2.24, 2.45) is 5.73 Å². The molecule has 0 aliphatic heterocycles. The van der Waals surface area contributed by atoms with Crippen LogP contribution in [0.25, 0.3) is 0 Å². The van der Waals surface area contributed by atoms with E-state index < -0.39 is 0 Å². The summed E-state index contributed by atoms with van der Waals surface area (Å²) in [5, 5.41) is 0. The van der Waals surface area contributed by atoms with Crippen LogP contribution in [0.2, 0.25) is 0 Å². The fourth-order valence-electron chi connectivity index (χ4n) is 1.79. The van der Waals surface area contributed by atoms with E-state index in [1.807, 2.05) is 54.6 Å². The first-order valence-corrected chi connectivity index (χ1v) is 6.34. The van der Waals surface area contributed by atoms with E-state index in [0.717, 1.165) is 17.1 Å². The van der Waals surface area contributed by atoms with Crippen molar-refractivity contribution in [2.45, 2.75) is 12.5 Å². The summed E-state index contributed by atoms with van der Waals surface area (Å²) in [5.41, 5.74) is 6.80. The topological polar surface area (TPSA) is 61.5 Å². The Kier molecular flexibility index (Phi) is 6.72. The summed E-state index contributed by atoms with van der Waals surface area (Å²) in [6.07, 6.45) is 0.162. The lowest BCUT2D eigenvalue weighted by atomic mass is 10.0. The van der Waals surface area contributed by atoms with Gasteiger partial charge < -0.3 is 15.2 Å². The molecular weight excluding hydrogens is 290 g/mol. The predicted octanol–water partition coefficient (Wildman–Crippen LogP) is 3.46. The summed E-state index contributed by atoms with van der Waals surface area (Å²) in [5.74, 6) is 1.19. The zero-order valence-corrected chi connectivity index (χ0v) is 12.5. The fraction of sp³-hybridized carbons (Fsp3) is 0.188. The van der Waals surface area contributed by atoms with E-state index in [1.54, 1.807) is 0 Å². The molecule has 2 aromatic carbocycles. The van der Waals surface area contributed by atoms with E-state index in [-0.39, 0.29) is 30.8 Å². The highest BCUT2D eigenvalue weighted by Gasteiger charge is 2.11. The van der Waals surface area contributed by atoms with Crippen LogP contribution in [0.3, 0.4) is 0 Å². The molecule has 0 radical (unpaired) electrons. The minimum atomic E-state index is -0.367. The molecule has 0 fully saturated rings. The molecule has 0 amide bonds. The van der Waals surface area contributed by atoms with E-state index in [1.165, 1.54) is 7.11 Å². The second-order valence-electron chi connectivity index (χ2n) is 4.37. The molecule has 0 saturated heterocycles. The molecule has 0 saturated carbocycles. The third kappa shape index (κ3) is 5.10. The lowest BCUT2D eigenvalue weighted by Gasteiger charge is -2.11. The van der Waals surface area contributed by atoms with Gasteiger partial charge in [-0.25, -0.2) is 0 Å². The molecular formula is C16H18ClNO3. The van der Waals surface area contributed by atoms with Gasteiger partial charge in [0.15, 0.2) is 0 Å². The number of carbonyl (C=O) groups is 1. The number of rotatable bonds is 5. The van der Waals surface area contributed by atoms with Crippen LogP contribution in [0.5, 0.6) is 11.5 Å². The molecule has 0 aromatic heterocycles. The quantitative estimate of drug-likeness (QED) is 0.859. The maximum atomic E-state index is 11.2. The number of esters is 1. The van der Waals surface area contributed by atoms with Crippen LogP contribution in [0.15, 0.2) is 54.6 Å². The maximum Gasteiger partial charge on any atom is 0.307 e. The predicted molar refractivity (Wildman–Crippen MR) is 83.8 cm³/mol. The highest BCUT2D eigenvalue weighted by Crippen LogP contribution is 2.23. The van der Waals surface area contributed by atoms with Crippen LogP contribution in [0.1, 0.15) is 18.0 Å². The Morgan fingerprint density at radius 2 is 1.62 bits per heavy atom. The van der Waals surface area contributed by atoms with Crippen LogP contribution in [0.4, 0.5) is 0 Å². The average Bonchev–Trinajstić information content (AvgIpc) is 2.49. The van der Waals surface area contributed by atoms with Gasteiger partial charge in [-0.05, 0) is 29.8 Å². The Balaban J connectivity index is 0.00000220. The van der Waals surface area contributed by atoms with E-state index in [0.29, 0.717) is 0 Å². The molecule has 0 aliphatic carbocycles. The van der Waals surface area contributed by atoms with Crippen molar-refractivity contribution in [1.29, 1.82) is 0 Å². The number of para-hydroxylation sites is 1. The van der Waals surface area contributed by atoms with Gasteiger partial charge in [0.1, 0.15) is 11.5 Å². The van der Waals surface area contributed by atoms with Crippen molar-refractivity contribution in [3.63, 3.8) is 0 Å². The summed E-state index contributed by atoms with van der Waals surface area (Å²) in [6, 6.07) is 16.5.